The zero-order chi connectivity index (χ0) is 12.5. The highest BCUT2D eigenvalue weighted by Crippen LogP contribution is 2.71. The van der Waals surface area contributed by atoms with Gasteiger partial charge in [0.1, 0.15) is 0 Å². The van der Waals surface area contributed by atoms with E-state index in [0.717, 1.165) is 38.5 Å². The van der Waals surface area contributed by atoms with Crippen LogP contribution in [-0.4, -0.2) is 21.9 Å². The molecule has 0 aromatic carbocycles. The fourth-order valence-electron chi connectivity index (χ4n) is 5.61. The highest BCUT2D eigenvalue weighted by molar-refractivity contribution is 5.15. The van der Waals surface area contributed by atoms with Crippen LogP contribution in [-0.2, 0) is 0 Å². The Balaban J connectivity index is 2.00. The van der Waals surface area contributed by atoms with Crippen molar-refractivity contribution in [1.29, 1.82) is 0 Å². The lowest BCUT2D eigenvalue weighted by Gasteiger charge is -2.59. The molecule has 3 aliphatic carbocycles. The monoisotopic (exact) mass is 238 g/mol. The fourth-order valence-corrected chi connectivity index (χ4v) is 5.61. The van der Waals surface area contributed by atoms with E-state index >= 15 is 0 Å². The fraction of sp³-hybridized carbons (Fsp3) is 1.00. The van der Waals surface area contributed by atoms with Crippen molar-refractivity contribution in [2.45, 2.75) is 77.4 Å². The summed E-state index contributed by atoms with van der Waals surface area (Å²) in [6.07, 6.45) is 7.24. The van der Waals surface area contributed by atoms with Crippen LogP contribution in [0.1, 0.15) is 65.7 Å². The molecule has 2 N–H and O–H groups in total. The van der Waals surface area contributed by atoms with Crippen LogP contribution in [0.5, 0.6) is 0 Å². The van der Waals surface area contributed by atoms with Gasteiger partial charge in [0.2, 0.25) is 0 Å². The smallest absolute Gasteiger partial charge is 0.0630 e. The third kappa shape index (κ3) is 1.46. The summed E-state index contributed by atoms with van der Waals surface area (Å²) in [7, 11) is 0. The van der Waals surface area contributed by atoms with Crippen molar-refractivity contribution in [2.24, 2.45) is 16.2 Å². The maximum absolute atomic E-state index is 10.5. The Labute approximate surface area is 104 Å². The molecular formula is C15H26O2. The second kappa shape index (κ2) is 3.08. The van der Waals surface area contributed by atoms with Crippen LogP contribution in [0.3, 0.4) is 0 Å². The lowest BCUT2D eigenvalue weighted by molar-refractivity contribution is -0.136. The van der Waals surface area contributed by atoms with Gasteiger partial charge in [0.05, 0.1) is 11.7 Å². The van der Waals surface area contributed by atoms with E-state index in [0.29, 0.717) is 10.8 Å². The summed E-state index contributed by atoms with van der Waals surface area (Å²) >= 11 is 0. The quantitative estimate of drug-likeness (QED) is 0.681. The minimum absolute atomic E-state index is 0.109. The molecule has 17 heavy (non-hydrogen) atoms. The highest BCUT2D eigenvalue weighted by Gasteiger charge is 2.65. The predicted octanol–water partition coefficient (Wildman–Crippen LogP) is 2.87. The van der Waals surface area contributed by atoms with Crippen molar-refractivity contribution in [3.05, 3.63) is 0 Å². The molecule has 0 aromatic heterocycles. The van der Waals surface area contributed by atoms with Gasteiger partial charge in [0.25, 0.3) is 0 Å². The Kier molecular flexibility index (Phi) is 2.17. The molecule has 2 bridgehead atoms. The number of rotatable bonds is 0. The third-order valence-corrected chi connectivity index (χ3v) is 6.46. The molecule has 3 rings (SSSR count). The number of aliphatic hydroxyl groups is 2. The van der Waals surface area contributed by atoms with Crippen molar-refractivity contribution in [3.63, 3.8) is 0 Å². The minimum Gasteiger partial charge on any atom is -0.393 e. The maximum Gasteiger partial charge on any atom is 0.0630 e. The van der Waals surface area contributed by atoms with Gasteiger partial charge in [0, 0.05) is 0 Å². The van der Waals surface area contributed by atoms with Crippen molar-refractivity contribution in [3.8, 4) is 0 Å². The molecule has 0 amide bonds. The van der Waals surface area contributed by atoms with Gasteiger partial charge in [-0.1, -0.05) is 13.8 Å². The molecule has 2 heteroatoms. The molecule has 3 aliphatic rings. The van der Waals surface area contributed by atoms with Crippen molar-refractivity contribution < 1.29 is 10.2 Å². The van der Waals surface area contributed by atoms with Crippen LogP contribution in [0.25, 0.3) is 0 Å². The summed E-state index contributed by atoms with van der Waals surface area (Å²) < 4.78 is 0. The zero-order valence-electron chi connectivity index (χ0n) is 11.4. The number of fused-ring (bicyclic) bond motifs is 1. The molecule has 5 unspecified atom stereocenters. The second-order valence-corrected chi connectivity index (χ2v) is 8.08. The van der Waals surface area contributed by atoms with E-state index in [9.17, 15) is 10.2 Å². The topological polar surface area (TPSA) is 40.5 Å². The molecule has 0 aromatic rings. The van der Waals surface area contributed by atoms with Gasteiger partial charge >= 0.3 is 0 Å². The second-order valence-electron chi connectivity index (χ2n) is 8.08. The number of aliphatic hydroxyl groups excluding tert-OH is 1. The summed E-state index contributed by atoms with van der Waals surface area (Å²) in [4.78, 5) is 0. The first-order chi connectivity index (χ1) is 7.71. The van der Waals surface area contributed by atoms with Crippen LogP contribution < -0.4 is 0 Å². The molecule has 98 valence electrons. The van der Waals surface area contributed by atoms with Gasteiger partial charge in [0.15, 0.2) is 0 Å². The first kappa shape index (κ1) is 12.0. The van der Waals surface area contributed by atoms with E-state index in [2.05, 4.69) is 13.8 Å². The van der Waals surface area contributed by atoms with Gasteiger partial charge in [-0.3, -0.25) is 0 Å². The van der Waals surface area contributed by atoms with E-state index in [1.165, 1.54) is 6.42 Å². The molecule has 3 saturated carbocycles. The molecule has 0 heterocycles. The first-order valence-corrected chi connectivity index (χ1v) is 7.11. The van der Waals surface area contributed by atoms with Gasteiger partial charge in [-0.05, 0) is 68.1 Å². The normalized spacial score (nSPS) is 62.3. The van der Waals surface area contributed by atoms with Gasteiger partial charge < -0.3 is 10.2 Å². The molecule has 3 fully saturated rings. The van der Waals surface area contributed by atoms with Crippen LogP contribution in [0.4, 0.5) is 0 Å². The summed E-state index contributed by atoms with van der Waals surface area (Å²) in [6, 6.07) is 0. The van der Waals surface area contributed by atoms with E-state index in [1.54, 1.807) is 0 Å². The molecule has 0 saturated heterocycles. The minimum atomic E-state index is -0.484. The third-order valence-electron chi connectivity index (χ3n) is 6.46. The van der Waals surface area contributed by atoms with Gasteiger partial charge in [-0.25, -0.2) is 0 Å². The van der Waals surface area contributed by atoms with Crippen LogP contribution in [0, 0.1) is 16.2 Å². The molecule has 0 aliphatic heterocycles. The Morgan fingerprint density at radius 1 is 0.941 bits per heavy atom. The standard InChI is InChI=1S/C15H26O2/c1-12-6-7-13(2)9-14(3,17)10-15(13,8-12)5-4-11(12)16/h11,16-17H,4-10H2,1-3H3. The highest BCUT2D eigenvalue weighted by atomic mass is 16.3. The molecule has 5 atom stereocenters. The lowest BCUT2D eigenvalue weighted by Crippen LogP contribution is -2.53. The molecular weight excluding hydrogens is 212 g/mol. The van der Waals surface area contributed by atoms with Crippen molar-refractivity contribution in [2.75, 3.05) is 0 Å². The van der Waals surface area contributed by atoms with E-state index in [1.807, 2.05) is 6.92 Å². The Morgan fingerprint density at radius 3 is 2.35 bits per heavy atom. The predicted molar refractivity (Wildman–Crippen MR) is 67.6 cm³/mol. The van der Waals surface area contributed by atoms with Crippen LogP contribution in [0.2, 0.25) is 0 Å². The van der Waals surface area contributed by atoms with Crippen molar-refractivity contribution >= 4 is 0 Å². The van der Waals surface area contributed by atoms with Crippen molar-refractivity contribution in [1.82, 2.24) is 0 Å². The van der Waals surface area contributed by atoms with E-state index in [4.69, 9.17) is 0 Å². The summed E-state index contributed by atoms with van der Waals surface area (Å²) in [6.45, 7) is 6.64. The zero-order valence-corrected chi connectivity index (χ0v) is 11.4. The van der Waals surface area contributed by atoms with E-state index in [-0.39, 0.29) is 11.5 Å². The average molecular weight is 238 g/mol. The SMILES string of the molecule is CC1(O)CC2(C)CCC3(C)CC2(CCC3O)C1. The van der Waals surface area contributed by atoms with E-state index < -0.39 is 5.60 Å². The summed E-state index contributed by atoms with van der Waals surface area (Å²) in [5.41, 5.74) is 0.222. The number of hydrogen-bond donors (Lipinski definition) is 2. The molecule has 1 spiro atoms. The Hall–Kier alpha value is -0.0800. The molecule has 2 nitrogen and oxygen atoms in total. The van der Waals surface area contributed by atoms with Crippen LogP contribution >= 0.6 is 0 Å². The largest absolute Gasteiger partial charge is 0.393 e. The van der Waals surface area contributed by atoms with Crippen LogP contribution in [0.15, 0.2) is 0 Å². The summed E-state index contributed by atoms with van der Waals surface area (Å²) in [5.74, 6) is 0. The van der Waals surface area contributed by atoms with Gasteiger partial charge in [-0.15, -0.1) is 0 Å². The lowest BCUT2D eigenvalue weighted by atomic mass is 9.46. The first-order valence-electron chi connectivity index (χ1n) is 7.11. The Morgan fingerprint density at radius 2 is 1.65 bits per heavy atom. The Bertz CT molecular complexity index is 351. The summed E-state index contributed by atoms with van der Waals surface area (Å²) in [5, 5.41) is 20.7. The number of hydrogen-bond acceptors (Lipinski definition) is 2. The maximum atomic E-state index is 10.5. The molecule has 0 radical (unpaired) electrons. The van der Waals surface area contributed by atoms with Gasteiger partial charge in [-0.2, -0.15) is 0 Å². The average Bonchev–Trinajstić information content (AvgIpc) is 2.38.